The van der Waals surface area contributed by atoms with Crippen molar-refractivity contribution in [1.29, 1.82) is 0 Å². The highest BCUT2D eigenvalue weighted by atomic mass is 16.6. The van der Waals surface area contributed by atoms with E-state index >= 15 is 0 Å². The van der Waals surface area contributed by atoms with Gasteiger partial charge in [-0.1, -0.05) is 51.2 Å². The van der Waals surface area contributed by atoms with Gasteiger partial charge in [0, 0.05) is 24.7 Å². The number of allylic oxidation sites excluding steroid dienone is 1. The second-order valence-corrected chi connectivity index (χ2v) is 7.09. The molecule has 162 valence electrons. The molecule has 7 nitrogen and oxygen atoms in total. The van der Waals surface area contributed by atoms with Gasteiger partial charge in [-0.15, -0.1) is 0 Å². The van der Waals surface area contributed by atoms with Crippen LogP contribution in [-0.4, -0.2) is 36.1 Å². The Hall–Kier alpha value is -1.92. The van der Waals surface area contributed by atoms with Gasteiger partial charge in [-0.05, 0) is 32.1 Å². The van der Waals surface area contributed by atoms with Gasteiger partial charge < -0.3 is 9.47 Å². The van der Waals surface area contributed by atoms with Crippen LogP contribution in [-0.2, 0) is 19.1 Å². The van der Waals surface area contributed by atoms with Gasteiger partial charge in [-0.25, -0.2) is 0 Å². The van der Waals surface area contributed by atoms with E-state index in [-0.39, 0.29) is 17.3 Å². The Morgan fingerprint density at radius 2 is 1.71 bits per heavy atom. The Bertz CT molecular complexity index is 478. The number of carbonyl (C=O) groups excluding carboxylic acids is 2. The summed E-state index contributed by atoms with van der Waals surface area (Å²) in [6, 6.07) is -0.911. The fraction of sp³-hybridized carbons (Fsp3) is 0.810. The van der Waals surface area contributed by atoms with E-state index < -0.39 is 18.1 Å². The smallest absolute Gasteiger partial charge is 0.305 e. The van der Waals surface area contributed by atoms with E-state index in [9.17, 15) is 19.7 Å². The Kier molecular flexibility index (Phi) is 16.0. The minimum atomic E-state index is -0.911. The third-order valence-electron chi connectivity index (χ3n) is 4.63. The summed E-state index contributed by atoms with van der Waals surface area (Å²) in [7, 11) is 1.38. The highest BCUT2D eigenvalue weighted by molar-refractivity contribution is 5.69. The first-order valence-electron chi connectivity index (χ1n) is 10.4. The molecule has 0 aromatic rings. The number of ether oxygens (including phenoxy) is 2. The van der Waals surface area contributed by atoms with Crippen LogP contribution in [0.4, 0.5) is 0 Å². The van der Waals surface area contributed by atoms with Crippen LogP contribution in [0.2, 0.25) is 0 Å². The molecule has 0 radical (unpaired) electrons. The third-order valence-corrected chi connectivity index (χ3v) is 4.63. The van der Waals surface area contributed by atoms with Crippen molar-refractivity contribution in [3.05, 3.63) is 22.3 Å². The van der Waals surface area contributed by atoms with Gasteiger partial charge in [0.25, 0.3) is 6.04 Å². The number of carbonyl (C=O) groups is 2. The monoisotopic (exact) mass is 399 g/mol. The van der Waals surface area contributed by atoms with Crippen LogP contribution in [0, 0.1) is 10.1 Å². The van der Waals surface area contributed by atoms with Gasteiger partial charge in [0.1, 0.15) is 0 Å². The van der Waals surface area contributed by atoms with Crippen molar-refractivity contribution >= 4 is 11.9 Å². The maximum atomic E-state index is 11.5. The first-order valence-corrected chi connectivity index (χ1v) is 10.4. The van der Waals surface area contributed by atoms with E-state index in [2.05, 4.69) is 11.7 Å². The molecule has 0 aliphatic carbocycles. The summed E-state index contributed by atoms with van der Waals surface area (Å²) in [5.74, 6) is -0.687. The largest absolute Gasteiger partial charge is 0.469 e. The minimum absolute atomic E-state index is 0.202. The lowest BCUT2D eigenvalue weighted by Gasteiger charge is -2.20. The van der Waals surface area contributed by atoms with Gasteiger partial charge in [-0.3, -0.25) is 19.7 Å². The molecule has 0 aliphatic rings. The molecule has 0 saturated carbocycles. The predicted octanol–water partition coefficient (Wildman–Crippen LogP) is 4.99. The van der Waals surface area contributed by atoms with Crippen molar-refractivity contribution < 1.29 is 24.0 Å². The summed E-state index contributed by atoms with van der Waals surface area (Å²) < 4.78 is 9.87. The van der Waals surface area contributed by atoms with Crippen molar-refractivity contribution in [3.63, 3.8) is 0 Å². The number of hydrogen-bond donors (Lipinski definition) is 0. The molecular weight excluding hydrogens is 362 g/mol. The Morgan fingerprint density at radius 1 is 1.04 bits per heavy atom. The van der Waals surface area contributed by atoms with Gasteiger partial charge in [0.05, 0.1) is 7.11 Å². The second kappa shape index (κ2) is 17.2. The number of unbranched alkanes of at least 4 members (excludes halogenated alkanes) is 7. The summed E-state index contributed by atoms with van der Waals surface area (Å²) in [4.78, 5) is 33.6. The van der Waals surface area contributed by atoms with Crippen LogP contribution in [0.1, 0.15) is 90.9 Å². The number of esters is 2. The molecule has 0 rings (SSSR count). The summed E-state index contributed by atoms with van der Waals surface area (Å²) in [5.41, 5.74) is 0. The number of nitro groups is 1. The second-order valence-electron chi connectivity index (χ2n) is 7.09. The molecule has 0 aromatic heterocycles. The van der Waals surface area contributed by atoms with Crippen molar-refractivity contribution in [1.82, 2.24) is 0 Å². The molecule has 0 fully saturated rings. The molecule has 0 bridgehead atoms. The van der Waals surface area contributed by atoms with E-state index in [1.807, 2.05) is 12.2 Å². The molecule has 2 unspecified atom stereocenters. The zero-order chi connectivity index (χ0) is 21.2. The van der Waals surface area contributed by atoms with E-state index in [0.29, 0.717) is 12.8 Å². The van der Waals surface area contributed by atoms with Crippen molar-refractivity contribution in [3.8, 4) is 0 Å². The SMILES string of the molecule is CCCCC/C=C\CC(C(CCCCCCCC(=O)OC)OC(C)=O)[N+](=O)[O-]. The van der Waals surface area contributed by atoms with E-state index in [1.165, 1.54) is 14.0 Å². The normalized spacial score (nSPS) is 13.2. The predicted molar refractivity (Wildman–Crippen MR) is 109 cm³/mol. The Labute approximate surface area is 169 Å². The number of methoxy groups -OCH3 is 1. The van der Waals surface area contributed by atoms with Gasteiger partial charge in [0.2, 0.25) is 0 Å². The third kappa shape index (κ3) is 14.2. The van der Waals surface area contributed by atoms with Crippen LogP contribution in [0.5, 0.6) is 0 Å². The highest BCUT2D eigenvalue weighted by Crippen LogP contribution is 2.18. The quantitative estimate of drug-likeness (QED) is 0.112. The van der Waals surface area contributed by atoms with Crippen molar-refractivity contribution in [2.45, 2.75) is 103 Å². The summed E-state index contributed by atoms with van der Waals surface area (Å²) in [6.45, 7) is 3.42. The van der Waals surface area contributed by atoms with Crippen LogP contribution in [0.15, 0.2) is 12.2 Å². The van der Waals surface area contributed by atoms with E-state index in [0.717, 1.165) is 57.8 Å². The molecule has 0 aliphatic heterocycles. The first-order chi connectivity index (χ1) is 13.4. The molecule has 0 amide bonds. The molecule has 0 aromatic carbocycles. The first kappa shape index (κ1) is 26.1. The Morgan fingerprint density at radius 3 is 2.32 bits per heavy atom. The van der Waals surface area contributed by atoms with Crippen molar-refractivity contribution in [2.24, 2.45) is 0 Å². The van der Waals surface area contributed by atoms with Crippen molar-refractivity contribution in [2.75, 3.05) is 7.11 Å². The number of rotatable bonds is 17. The molecule has 7 heteroatoms. The van der Waals surface area contributed by atoms with Crippen LogP contribution in [0.25, 0.3) is 0 Å². The lowest BCUT2D eigenvalue weighted by Crippen LogP contribution is -2.36. The van der Waals surface area contributed by atoms with Crippen LogP contribution >= 0.6 is 0 Å². The fourth-order valence-electron chi connectivity index (χ4n) is 3.03. The maximum Gasteiger partial charge on any atom is 0.305 e. The van der Waals surface area contributed by atoms with Crippen LogP contribution < -0.4 is 0 Å². The summed E-state index contributed by atoms with van der Waals surface area (Å²) in [5, 5.41) is 11.5. The van der Waals surface area contributed by atoms with E-state index in [1.54, 1.807) is 0 Å². The van der Waals surface area contributed by atoms with Gasteiger partial charge >= 0.3 is 11.9 Å². The summed E-state index contributed by atoms with van der Waals surface area (Å²) >= 11 is 0. The lowest BCUT2D eigenvalue weighted by molar-refractivity contribution is -0.533. The van der Waals surface area contributed by atoms with E-state index in [4.69, 9.17) is 4.74 Å². The molecular formula is C21H37NO6. The fourth-order valence-corrected chi connectivity index (χ4v) is 3.03. The topological polar surface area (TPSA) is 95.7 Å². The average Bonchev–Trinajstić information content (AvgIpc) is 2.65. The lowest BCUT2D eigenvalue weighted by atomic mass is 10.00. The van der Waals surface area contributed by atoms with Crippen LogP contribution in [0.3, 0.4) is 0 Å². The van der Waals surface area contributed by atoms with Gasteiger partial charge in [-0.2, -0.15) is 0 Å². The number of nitrogens with zero attached hydrogens (tertiary/aromatic N) is 1. The molecule has 0 saturated heterocycles. The summed E-state index contributed by atoms with van der Waals surface area (Å²) in [6.07, 6.45) is 12.8. The molecule has 0 N–H and O–H groups in total. The highest BCUT2D eigenvalue weighted by Gasteiger charge is 2.32. The Balaban J connectivity index is 4.38. The van der Waals surface area contributed by atoms with Gasteiger partial charge in [0.15, 0.2) is 6.10 Å². The molecule has 2 atom stereocenters. The maximum absolute atomic E-state index is 11.5. The number of hydrogen-bond acceptors (Lipinski definition) is 6. The molecule has 0 spiro atoms. The molecule has 28 heavy (non-hydrogen) atoms. The average molecular weight is 400 g/mol. The minimum Gasteiger partial charge on any atom is -0.469 e. The zero-order valence-electron chi connectivity index (χ0n) is 17.7. The zero-order valence-corrected chi connectivity index (χ0v) is 17.7. The standard InChI is InChI=1S/C21H37NO6/c1-4-5-6-7-9-12-15-19(22(25)26)20(28-18(2)23)16-13-10-8-11-14-17-21(24)27-3/h9,12,19-20H,4-8,10-11,13-17H2,1-3H3/b12-9-. The molecule has 0 heterocycles.